The number of carbonyl (C=O) groups is 3. The van der Waals surface area contributed by atoms with Gasteiger partial charge in [0.25, 0.3) is 11.8 Å². The molecule has 0 aliphatic heterocycles. The zero-order chi connectivity index (χ0) is 15.8. The summed E-state index contributed by atoms with van der Waals surface area (Å²) in [5.74, 6) is -2.12. The first-order chi connectivity index (χ1) is 9.90. The molecule has 0 bridgehead atoms. The predicted molar refractivity (Wildman–Crippen MR) is 74.5 cm³/mol. The molecule has 0 saturated carbocycles. The van der Waals surface area contributed by atoms with Crippen LogP contribution in [-0.4, -0.2) is 24.3 Å². The van der Waals surface area contributed by atoms with Gasteiger partial charge in [0.15, 0.2) is 0 Å². The molecule has 7 heteroatoms. The molecular formula is C14H18FN3O3. The molecule has 0 spiro atoms. The molecule has 0 radical (unpaired) electrons. The van der Waals surface area contributed by atoms with E-state index in [1.54, 1.807) is 0 Å². The Morgan fingerprint density at radius 3 is 2.33 bits per heavy atom. The summed E-state index contributed by atoms with van der Waals surface area (Å²) in [6, 6.07) is 5.45. The molecule has 6 nitrogen and oxygen atoms in total. The summed E-state index contributed by atoms with van der Waals surface area (Å²) in [5, 5.41) is 2.26. The molecule has 114 valence electrons. The van der Waals surface area contributed by atoms with Gasteiger partial charge in [-0.15, -0.1) is 0 Å². The molecule has 1 aromatic carbocycles. The Kier molecular flexibility index (Phi) is 6.32. The van der Waals surface area contributed by atoms with E-state index in [0.717, 1.165) is 6.07 Å². The molecule has 0 atom stereocenters. The van der Waals surface area contributed by atoms with E-state index in [1.807, 2.05) is 13.8 Å². The van der Waals surface area contributed by atoms with Gasteiger partial charge in [0, 0.05) is 6.42 Å². The average molecular weight is 295 g/mol. The molecule has 0 aliphatic rings. The summed E-state index contributed by atoms with van der Waals surface area (Å²) < 4.78 is 13.3. The van der Waals surface area contributed by atoms with Gasteiger partial charge in [0.2, 0.25) is 5.91 Å². The Hall–Kier alpha value is -2.44. The number of hydrazine groups is 1. The highest BCUT2D eigenvalue weighted by molar-refractivity contribution is 5.96. The third-order valence-corrected chi connectivity index (χ3v) is 2.46. The van der Waals surface area contributed by atoms with Gasteiger partial charge in [-0.2, -0.15) is 0 Å². The van der Waals surface area contributed by atoms with Crippen LogP contribution in [0.2, 0.25) is 0 Å². The van der Waals surface area contributed by atoms with Crippen molar-refractivity contribution in [2.45, 2.75) is 20.3 Å². The van der Waals surface area contributed by atoms with Crippen molar-refractivity contribution in [2.75, 3.05) is 6.54 Å². The van der Waals surface area contributed by atoms with Crippen LogP contribution < -0.4 is 16.2 Å². The van der Waals surface area contributed by atoms with Gasteiger partial charge in [0.1, 0.15) is 5.82 Å². The maximum atomic E-state index is 13.3. The van der Waals surface area contributed by atoms with Crippen LogP contribution in [0.25, 0.3) is 0 Å². The largest absolute Gasteiger partial charge is 0.343 e. The Balaban J connectivity index is 2.35. The van der Waals surface area contributed by atoms with E-state index in [4.69, 9.17) is 0 Å². The van der Waals surface area contributed by atoms with Gasteiger partial charge < -0.3 is 5.32 Å². The van der Waals surface area contributed by atoms with Crippen molar-refractivity contribution in [3.05, 3.63) is 35.6 Å². The lowest BCUT2D eigenvalue weighted by atomic mass is 10.1. The highest BCUT2D eigenvalue weighted by atomic mass is 19.1. The second-order valence-electron chi connectivity index (χ2n) is 4.86. The van der Waals surface area contributed by atoms with E-state index in [9.17, 15) is 18.8 Å². The minimum absolute atomic E-state index is 0.144. The van der Waals surface area contributed by atoms with Gasteiger partial charge in [-0.25, -0.2) is 4.39 Å². The van der Waals surface area contributed by atoms with Crippen molar-refractivity contribution in [3.63, 3.8) is 0 Å². The normalized spacial score (nSPS) is 10.1. The zero-order valence-electron chi connectivity index (χ0n) is 11.9. The van der Waals surface area contributed by atoms with Crippen molar-refractivity contribution in [1.29, 1.82) is 0 Å². The molecule has 21 heavy (non-hydrogen) atoms. The number of halogens is 1. The molecule has 0 aromatic heterocycles. The zero-order valence-corrected chi connectivity index (χ0v) is 11.9. The number of hydrogen-bond acceptors (Lipinski definition) is 3. The lowest BCUT2D eigenvalue weighted by Gasteiger charge is -2.09. The topological polar surface area (TPSA) is 87.3 Å². The highest BCUT2D eigenvalue weighted by Gasteiger charge is 2.12. The Labute approximate surface area is 122 Å². The van der Waals surface area contributed by atoms with Crippen LogP contribution in [0.4, 0.5) is 4.39 Å². The summed E-state index contributed by atoms with van der Waals surface area (Å²) in [5.41, 5.74) is 4.24. The van der Waals surface area contributed by atoms with Crippen LogP contribution in [0.1, 0.15) is 30.6 Å². The quantitative estimate of drug-likeness (QED) is 0.700. The smallest absolute Gasteiger partial charge is 0.257 e. The van der Waals surface area contributed by atoms with E-state index < -0.39 is 17.6 Å². The average Bonchev–Trinajstić information content (AvgIpc) is 2.42. The number of rotatable bonds is 5. The molecule has 3 N–H and O–H groups in total. The van der Waals surface area contributed by atoms with Crippen LogP contribution in [0.15, 0.2) is 24.3 Å². The van der Waals surface area contributed by atoms with Gasteiger partial charge in [-0.1, -0.05) is 26.0 Å². The molecule has 0 aliphatic carbocycles. The Morgan fingerprint density at radius 1 is 1.10 bits per heavy atom. The van der Waals surface area contributed by atoms with E-state index in [-0.39, 0.29) is 30.4 Å². The molecule has 0 saturated heterocycles. The third kappa shape index (κ3) is 6.03. The SMILES string of the molecule is CC(C)CC(=O)NNC(=O)CNC(=O)c1ccccc1F. The minimum Gasteiger partial charge on any atom is -0.343 e. The maximum Gasteiger partial charge on any atom is 0.257 e. The molecule has 0 heterocycles. The molecule has 1 rings (SSSR count). The van der Waals surface area contributed by atoms with Gasteiger partial charge >= 0.3 is 0 Å². The first kappa shape index (κ1) is 16.6. The van der Waals surface area contributed by atoms with Crippen molar-refractivity contribution < 1.29 is 18.8 Å². The summed E-state index contributed by atoms with van der Waals surface area (Å²) in [7, 11) is 0. The lowest BCUT2D eigenvalue weighted by molar-refractivity contribution is -0.128. The number of benzene rings is 1. The van der Waals surface area contributed by atoms with Crippen LogP contribution in [0.5, 0.6) is 0 Å². The number of hydrogen-bond donors (Lipinski definition) is 3. The van der Waals surface area contributed by atoms with Gasteiger partial charge in [-0.05, 0) is 18.1 Å². The highest BCUT2D eigenvalue weighted by Crippen LogP contribution is 2.05. The number of carbonyl (C=O) groups excluding carboxylic acids is 3. The van der Waals surface area contributed by atoms with Gasteiger partial charge in [-0.3, -0.25) is 25.2 Å². The number of nitrogens with one attached hydrogen (secondary N) is 3. The summed E-state index contributed by atoms with van der Waals surface area (Å²) in [6.07, 6.45) is 0.280. The van der Waals surface area contributed by atoms with Crippen molar-refractivity contribution >= 4 is 17.7 Å². The van der Waals surface area contributed by atoms with Crippen molar-refractivity contribution in [3.8, 4) is 0 Å². The fraction of sp³-hybridized carbons (Fsp3) is 0.357. The van der Waals surface area contributed by atoms with Crippen LogP contribution >= 0.6 is 0 Å². The van der Waals surface area contributed by atoms with E-state index in [2.05, 4.69) is 16.2 Å². The van der Waals surface area contributed by atoms with Crippen molar-refractivity contribution in [2.24, 2.45) is 5.92 Å². The first-order valence-corrected chi connectivity index (χ1v) is 6.50. The van der Waals surface area contributed by atoms with Gasteiger partial charge in [0.05, 0.1) is 12.1 Å². The van der Waals surface area contributed by atoms with E-state index >= 15 is 0 Å². The summed E-state index contributed by atoms with van der Waals surface area (Å²) >= 11 is 0. The second kappa shape index (κ2) is 7.98. The van der Waals surface area contributed by atoms with E-state index in [0.29, 0.717) is 0 Å². The fourth-order valence-corrected chi connectivity index (χ4v) is 1.51. The van der Waals surface area contributed by atoms with Crippen molar-refractivity contribution in [1.82, 2.24) is 16.2 Å². The molecular weight excluding hydrogens is 277 g/mol. The summed E-state index contributed by atoms with van der Waals surface area (Å²) in [6.45, 7) is 3.38. The Bertz CT molecular complexity index is 532. The fourth-order valence-electron chi connectivity index (χ4n) is 1.51. The molecule has 0 unspecified atom stereocenters. The standard InChI is InChI=1S/C14H18FN3O3/c1-9(2)7-12(19)17-18-13(20)8-16-14(21)10-5-3-4-6-11(10)15/h3-6,9H,7-8H2,1-2H3,(H,16,21)(H,17,19)(H,18,20). The van der Waals surface area contributed by atoms with E-state index in [1.165, 1.54) is 18.2 Å². The monoisotopic (exact) mass is 295 g/mol. The first-order valence-electron chi connectivity index (χ1n) is 6.50. The Morgan fingerprint density at radius 2 is 1.71 bits per heavy atom. The van der Waals surface area contributed by atoms with Crippen LogP contribution in [-0.2, 0) is 9.59 Å². The minimum atomic E-state index is -0.697. The molecule has 1 aromatic rings. The predicted octanol–water partition coefficient (Wildman–Crippen LogP) is 0.749. The maximum absolute atomic E-state index is 13.3. The lowest BCUT2D eigenvalue weighted by Crippen LogP contribution is -2.46. The molecule has 0 fully saturated rings. The number of amides is 3. The summed E-state index contributed by atoms with van der Waals surface area (Å²) in [4.78, 5) is 34.4. The third-order valence-electron chi connectivity index (χ3n) is 2.46. The van der Waals surface area contributed by atoms with Crippen LogP contribution in [0, 0.1) is 11.7 Å². The molecule has 3 amide bonds. The second-order valence-corrected chi connectivity index (χ2v) is 4.86. The van der Waals surface area contributed by atoms with Crippen LogP contribution in [0.3, 0.4) is 0 Å².